The lowest BCUT2D eigenvalue weighted by atomic mass is 9.80. The number of rotatable bonds is 7. The lowest BCUT2D eigenvalue weighted by molar-refractivity contribution is -0.142. The van der Waals surface area contributed by atoms with Gasteiger partial charge in [-0.1, -0.05) is 27.7 Å². The van der Waals surface area contributed by atoms with Crippen molar-refractivity contribution < 1.29 is 4.79 Å². The average Bonchev–Trinajstić information content (AvgIpc) is 2.28. The molecule has 0 atom stereocenters. The molecule has 0 saturated heterocycles. The van der Waals surface area contributed by atoms with E-state index in [4.69, 9.17) is 5.73 Å². The lowest BCUT2D eigenvalue weighted by Gasteiger charge is -2.35. The molecule has 3 heteroatoms. The SMILES string of the molecule is CCN(CC(C)C)C(=O)C(CC)(CC)CN. The van der Waals surface area contributed by atoms with Crippen LogP contribution in [-0.2, 0) is 4.79 Å². The number of nitrogens with zero attached hydrogens (tertiary/aromatic N) is 1. The Bertz CT molecular complexity index is 202. The molecule has 0 spiro atoms. The van der Waals surface area contributed by atoms with Gasteiger partial charge in [0.05, 0.1) is 5.41 Å². The summed E-state index contributed by atoms with van der Waals surface area (Å²) in [4.78, 5) is 14.4. The van der Waals surface area contributed by atoms with Crippen LogP contribution >= 0.6 is 0 Å². The van der Waals surface area contributed by atoms with Gasteiger partial charge >= 0.3 is 0 Å². The maximum Gasteiger partial charge on any atom is 0.230 e. The monoisotopic (exact) mass is 228 g/mol. The third-order valence-corrected chi connectivity index (χ3v) is 3.45. The molecular weight excluding hydrogens is 200 g/mol. The molecule has 1 amide bonds. The molecule has 0 fully saturated rings. The minimum atomic E-state index is -0.342. The average molecular weight is 228 g/mol. The van der Waals surface area contributed by atoms with E-state index in [-0.39, 0.29) is 11.3 Å². The van der Waals surface area contributed by atoms with E-state index in [1.807, 2.05) is 11.8 Å². The normalized spacial score (nSPS) is 11.9. The molecule has 0 bridgehead atoms. The zero-order valence-electron chi connectivity index (χ0n) is 11.5. The molecule has 0 aliphatic rings. The summed E-state index contributed by atoms with van der Waals surface area (Å²) in [5, 5.41) is 0. The van der Waals surface area contributed by atoms with Crippen LogP contribution in [0.5, 0.6) is 0 Å². The molecule has 0 aromatic carbocycles. The van der Waals surface area contributed by atoms with Gasteiger partial charge in [0.15, 0.2) is 0 Å². The van der Waals surface area contributed by atoms with Gasteiger partial charge in [-0.05, 0) is 25.7 Å². The first kappa shape index (κ1) is 15.4. The Morgan fingerprint density at radius 1 is 1.25 bits per heavy atom. The second-order valence-electron chi connectivity index (χ2n) is 4.93. The summed E-state index contributed by atoms with van der Waals surface area (Å²) in [7, 11) is 0. The minimum absolute atomic E-state index is 0.233. The summed E-state index contributed by atoms with van der Waals surface area (Å²) >= 11 is 0. The number of amides is 1. The zero-order valence-corrected chi connectivity index (χ0v) is 11.5. The molecule has 2 N–H and O–H groups in total. The molecule has 3 nitrogen and oxygen atoms in total. The van der Waals surface area contributed by atoms with Crippen molar-refractivity contribution in [1.29, 1.82) is 0 Å². The third-order valence-electron chi connectivity index (χ3n) is 3.45. The summed E-state index contributed by atoms with van der Waals surface area (Å²) in [5.74, 6) is 0.740. The van der Waals surface area contributed by atoms with E-state index in [2.05, 4.69) is 27.7 Å². The predicted molar refractivity (Wildman–Crippen MR) is 69.2 cm³/mol. The van der Waals surface area contributed by atoms with Gasteiger partial charge in [-0.3, -0.25) is 4.79 Å². The summed E-state index contributed by atoms with van der Waals surface area (Å²) in [6, 6.07) is 0. The molecule has 96 valence electrons. The van der Waals surface area contributed by atoms with E-state index in [9.17, 15) is 4.79 Å². The van der Waals surface area contributed by atoms with Crippen LogP contribution in [0.15, 0.2) is 0 Å². The Kier molecular flexibility index (Phi) is 6.65. The van der Waals surface area contributed by atoms with Gasteiger partial charge in [-0.2, -0.15) is 0 Å². The first-order valence-corrected chi connectivity index (χ1v) is 6.46. The molecule has 16 heavy (non-hydrogen) atoms. The Morgan fingerprint density at radius 2 is 1.75 bits per heavy atom. The van der Waals surface area contributed by atoms with Crippen molar-refractivity contribution in [2.45, 2.75) is 47.5 Å². The smallest absolute Gasteiger partial charge is 0.230 e. The lowest BCUT2D eigenvalue weighted by Crippen LogP contribution is -2.48. The molecule has 0 rings (SSSR count). The van der Waals surface area contributed by atoms with Crippen molar-refractivity contribution in [1.82, 2.24) is 4.90 Å². The highest BCUT2D eigenvalue weighted by Crippen LogP contribution is 2.28. The molecule has 0 unspecified atom stereocenters. The summed E-state index contributed by atoms with van der Waals surface area (Å²) in [5.41, 5.74) is 5.46. The number of hydrogen-bond acceptors (Lipinski definition) is 2. The first-order valence-electron chi connectivity index (χ1n) is 6.46. The highest BCUT2D eigenvalue weighted by molar-refractivity contribution is 5.83. The Hall–Kier alpha value is -0.570. The van der Waals surface area contributed by atoms with E-state index in [1.165, 1.54) is 0 Å². The molecule has 0 aliphatic carbocycles. The number of hydrogen-bond donors (Lipinski definition) is 1. The van der Waals surface area contributed by atoms with Crippen LogP contribution in [-0.4, -0.2) is 30.4 Å². The van der Waals surface area contributed by atoms with Gasteiger partial charge < -0.3 is 10.6 Å². The van der Waals surface area contributed by atoms with E-state index in [0.717, 1.165) is 25.9 Å². The van der Waals surface area contributed by atoms with Crippen LogP contribution in [0.2, 0.25) is 0 Å². The molecule has 0 radical (unpaired) electrons. The Labute approximate surface area is 100 Å². The molecule has 0 heterocycles. The van der Waals surface area contributed by atoms with Crippen LogP contribution in [0.4, 0.5) is 0 Å². The molecular formula is C13H28N2O. The maximum atomic E-state index is 12.5. The van der Waals surface area contributed by atoms with E-state index >= 15 is 0 Å². The fourth-order valence-corrected chi connectivity index (χ4v) is 2.06. The van der Waals surface area contributed by atoms with E-state index in [1.54, 1.807) is 0 Å². The van der Waals surface area contributed by atoms with Gasteiger partial charge in [0.25, 0.3) is 0 Å². The largest absolute Gasteiger partial charge is 0.342 e. The van der Waals surface area contributed by atoms with Crippen LogP contribution in [0.1, 0.15) is 47.5 Å². The van der Waals surface area contributed by atoms with Crippen molar-refractivity contribution in [2.24, 2.45) is 17.1 Å². The summed E-state index contributed by atoms with van der Waals surface area (Å²) in [6.45, 7) is 12.5. The van der Waals surface area contributed by atoms with Crippen LogP contribution in [0, 0.1) is 11.3 Å². The highest BCUT2D eigenvalue weighted by atomic mass is 16.2. The fraction of sp³-hybridized carbons (Fsp3) is 0.923. The third kappa shape index (κ3) is 3.48. The highest BCUT2D eigenvalue weighted by Gasteiger charge is 2.36. The fourth-order valence-electron chi connectivity index (χ4n) is 2.06. The quantitative estimate of drug-likeness (QED) is 0.726. The van der Waals surface area contributed by atoms with Crippen molar-refractivity contribution in [3.05, 3.63) is 0 Å². The van der Waals surface area contributed by atoms with E-state index < -0.39 is 0 Å². The number of carbonyl (C=O) groups is 1. The topological polar surface area (TPSA) is 46.3 Å². The van der Waals surface area contributed by atoms with Gasteiger partial charge in [0.2, 0.25) is 5.91 Å². The maximum absolute atomic E-state index is 12.5. The van der Waals surface area contributed by atoms with E-state index in [0.29, 0.717) is 12.5 Å². The molecule has 0 saturated carbocycles. The number of carbonyl (C=O) groups excluding carboxylic acids is 1. The zero-order chi connectivity index (χ0) is 12.8. The van der Waals surface area contributed by atoms with Crippen molar-refractivity contribution in [2.75, 3.05) is 19.6 Å². The Balaban J connectivity index is 4.82. The molecule has 0 aliphatic heterocycles. The number of nitrogens with two attached hydrogens (primary N) is 1. The van der Waals surface area contributed by atoms with Gasteiger partial charge in [0.1, 0.15) is 0 Å². The summed E-state index contributed by atoms with van der Waals surface area (Å²) < 4.78 is 0. The van der Waals surface area contributed by atoms with Crippen molar-refractivity contribution in [3.8, 4) is 0 Å². The van der Waals surface area contributed by atoms with Crippen LogP contribution in [0.3, 0.4) is 0 Å². The predicted octanol–water partition coefficient (Wildman–Crippen LogP) is 2.26. The van der Waals surface area contributed by atoms with Crippen LogP contribution < -0.4 is 5.73 Å². The molecule has 0 aromatic heterocycles. The second-order valence-corrected chi connectivity index (χ2v) is 4.93. The standard InChI is InChI=1S/C13H28N2O/c1-6-13(7-2,10-14)12(16)15(8-3)9-11(4)5/h11H,6-10,14H2,1-5H3. The van der Waals surface area contributed by atoms with Crippen molar-refractivity contribution in [3.63, 3.8) is 0 Å². The van der Waals surface area contributed by atoms with Gasteiger partial charge in [-0.15, -0.1) is 0 Å². The van der Waals surface area contributed by atoms with Gasteiger partial charge in [0, 0.05) is 19.6 Å². The minimum Gasteiger partial charge on any atom is -0.342 e. The Morgan fingerprint density at radius 3 is 2.00 bits per heavy atom. The second kappa shape index (κ2) is 6.89. The molecule has 0 aromatic rings. The van der Waals surface area contributed by atoms with Crippen LogP contribution in [0.25, 0.3) is 0 Å². The first-order chi connectivity index (χ1) is 7.47. The van der Waals surface area contributed by atoms with Gasteiger partial charge in [-0.25, -0.2) is 0 Å². The van der Waals surface area contributed by atoms with Crippen molar-refractivity contribution >= 4 is 5.91 Å². The summed E-state index contributed by atoms with van der Waals surface area (Å²) in [6.07, 6.45) is 1.65.